The summed E-state index contributed by atoms with van der Waals surface area (Å²) in [4.78, 5) is 4.32. The zero-order valence-electron chi connectivity index (χ0n) is 11.2. The number of ether oxygens (including phenoxy) is 1. The first kappa shape index (κ1) is 13.9. The van der Waals surface area contributed by atoms with Crippen molar-refractivity contribution in [2.75, 3.05) is 19.9 Å². The first-order chi connectivity index (χ1) is 9.33. The lowest BCUT2D eigenvalue weighted by Gasteiger charge is -2.16. The van der Waals surface area contributed by atoms with Crippen LogP contribution in [-0.4, -0.2) is 24.9 Å². The fourth-order valence-electron chi connectivity index (χ4n) is 1.81. The molecule has 19 heavy (non-hydrogen) atoms. The second-order valence-electron chi connectivity index (χ2n) is 4.10. The number of benzene rings is 1. The van der Waals surface area contributed by atoms with Crippen LogP contribution in [-0.2, 0) is 0 Å². The zero-order chi connectivity index (χ0) is 13.5. The summed E-state index contributed by atoms with van der Waals surface area (Å²) in [6.45, 7) is 0. The molecule has 0 saturated carbocycles. The molecule has 0 fully saturated rings. The highest BCUT2D eigenvalue weighted by Crippen LogP contribution is 2.25. The van der Waals surface area contributed by atoms with Crippen molar-refractivity contribution in [2.45, 2.75) is 11.1 Å². The minimum absolute atomic E-state index is 0.280. The van der Waals surface area contributed by atoms with E-state index in [4.69, 9.17) is 4.74 Å². The molecule has 0 bridgehead atoms. The average Bonchev–Trinajstić information content (AvgIpc) is 2.49. The molecule has 3 nitrogen and oxygen atoms in total. The van der Waals surface area contributed by atoms with Crippen molar-refractivity contribution in [1.82, 2.24) is 10.3 Å². The van der Waals surface area contributed by atoms with Crippen LogP contribution in [0.15, 0.2) is 53.7 Å². The fraction of sp³-hybridized carbons (Fsp3) is 0.267. The van der Waals surface area contributed by atoms with Crippen molar-refractivity contribution in [3.8, 4) is 5.75 Å². The molecule has 0 saturated heterocycles. The summed E-state index contributed by atoms with van der Waals surface area (Å²) in [5, 5.41) is 4.38. The minimum atomic E-state index is 0.280. The molecule has 1 aromatic heterocycles. The SMILES string of the molecule is CNC(CSc1ccccn1)c1cccc(OC)c1. The van der Waals surface area contributed by atoms with Crippen LogP contribution in [0.2, 0.25) is 0 Å². The van der Waals surface area contributed by atoms with Crippen LogP contribution in [0.25, 0.3) is 0 Å². The van der Waals surface area contributed by atoms with Crippen LogP contribution in [0.1, 0.15) is 11.6 Å². The Morgan fingerprint density at radius 3 is 2.84 bits per heavy atom. The Morgan fingerprint density at radius 1 is 1.26 bits per heavy atom. The van der Waals surface area contributed by atoms with Crippen LogP contribution in [0.3, 0.4) is 0 Å². The van der Waals surface area contributed by atoms with E-state index < -0.39 is 0 Å². The minimum Gasteiger partial charge on any atom is -0.497 e. The van der Waals surface area contributed by atoms with Gasteiger partial charge in [0.1, 0.15) is 5.75 Å². The summed E-state index contributed by atoms with van der Waals surface area (Å²) >= 11 is 1.75. The zero-order valence-corrected chi connectivity index (χ0v) is 12.0. The highest BCUT2D eigenvalue weighted by atomic mass is 32.2. The average molecular weight is 274 g/mol. The number of hydrogen-bond acceptors (Lipinski definition) is 4. The van der Waals surface area contributed by atoms with Crippen LogP contribution < -0.4 is 10.1 Å². The Balaban J connectivity index is 2.03. The predicted octanol–water partition coefficient (Wildman–Crippen LogP) is 3.14. The van der Waals surface area contributed by atoms with Crippen molar-refractivity contribution in [3.05, 3.63) is 54.2 Å². The van der Waals surface area contributed by atoms with Crippen LogP contribution >= 0.6 is 11.8 Å². The van der Waals surface area contributed by atoms with Gasteiger partial charge in [0.25, 0.3) is 0 Å². The summed E-state index contributed by atoms with van der Waals surface area (Å²) in [6, 6.07) is 14.4. The summed E-state index contributed by atoms with van der Waals surface area (Å²) in [6.07, 6.45) is 1.82. The lowest BCUT2D eigenvalue weighted by Crippen LogP contribution is -2.18. The molecule has 0 spiro atoms. The van der Waals surface area contributed by atoms with Gasteiger partial charge in [0, 0.05) is 18.0 Å². The standard InChI is InChI=1S/C15H18N2OS/c1-16-14(11-19-15-8-3-4-9-17-15)12-6-5-7-13(10-12)18-2/h3-10,14,16H,11H2,1-2H3. The number of methoxy groups -OCH3 is 1. The number of pyridine rings is 1. The molecular formula is C15H18N2OS. The molecule has 2 rings (SSSR count). The van der Waals surface area contributed by atoms with Gasteiger partial charge in [-0.3, -0.25) is 0 Å². The molecule has 0 amide bonds. The summed E-state index contributed by atoms with van der Waals surface area (Å²) in [5.41, 5.74) is 1.23. The van der Waals surface area contributed by atoms with Gasteiger partial charge < -0.3 is 10.1 Å². The van der Waals surface area contributed by atoms with Gasteiger partial charge in [-0.05, 0) is 36.9 Å². The molecule has 0 aliphatic heterocycles. The highest BCUT2D eigenvalue weighted by Gasteiger charge is 2.10. The fourth-order valence-corrected chi connectivity index (χ4v) is 2.81. The largest absolute Gasteiger partial charge is 0.497 e. The van der Waals surface area contributed by atoms with E-state index in [2.05, 4.69) is 22.4 Å². The lowest BCUT2D eigenvalue weighted by molar-refractivity contribution is 0.413. The topological polar surface area (TPSA) is 34.2 Å². The van der Waals surface area contributed by atoms with Crippen LogP contribution in [0.5, 0.6) is 5.75 Å². The van der Waals surface area contributed by atoms with Gasteiger partial charge in [-0.15, -0.1) is 11.8 Å². The molecule has 1 atom stereocenters. The molecule has 1 N–H and O–H groups in total. The lowest BCUT2D eigenvalue weighted by atomic mass is 10.1. The van der Waals surface area contributed by atoms with Gasteiger partial charge in [-0.25, -0.2) is 4.98 Å². The van der Waals surface area contributed by atoms with E-state index in [-0.39, 0.29) is 6.04 Å². The Bertz CT molecular complexity index is 505. The van der Waals surface area contributed by atoms with E-state index in [0.717, 1.165) is 16.5 Å². The number of aromatic nitrogens is 1. The Kier molecular flexibility index (Phi) is 5.24. The van der Waals surface area contributed by atoms with E-state index in [0.29, 0.717) is 0 Å². The molecule has 1 unspecified atom stereocenters. The number of nitrogens with one attached hydrogen (secondary N) is 1. The number of hydrogen-bond donors (Lipinski definition) is 1. The molecular weight excluding hydrogens is 256 g/mol. The van der Waals surface area contributed by atoms with E-state index in [9.17, 15) is 0 Å². The Morgan fingerprint density at radius 2 is 2.16 bits per heavy atom. The maximum Gasteiger partial charge on any atom is 0.119 e. The predicted molar refractivity (Wildman–Crippen MR) is 79.8 cm³/mol. The number of rotatable bonds is 6. The molecule has 2 aromatic rings. The van der Waals surface area contributed by atoms with Gasteiger partial charge in [0.05, 0.1) is 12.1 Å². The monoisotopic (exact) mass is 274 g/mol. The molecule has 0 aliphatic carbocycles. The van der Waals surface area contributed by atoms with Crippen LogP contribution in [0.4, 0.5) is 0 Å². The van der Waals surface area contributed by atoms with E-state index in [1.165, 1.54) is 5.56 Å². The normalized spacial score (nSPS) is 12.1. The molecule has 4 heteroatoms. The quantitative estimate of drug-likeness (QED) is 0.821. The maximum atomic E-state index is 5.27. The molecule has 1 aromatic carbocycles. The summed E-state index contributed by atoms with van der Waals surface area (Å²) in [7, 11) is 3.67. The molecule has 100 valence electrons. The van der Waals surface area contributed by atoms with Crippen LogP contribution in [0, 0.1) is 0 Å². The first-order valence-electron chi connectivity index (χ1n) is 6.18. The second-order valence-corrected chi connectivity index (χ2v) is 5.14. The highest BCUT2D eigenvalue weighted by molar-refractivity contribution is 7.99. The van der Waals surface area contributed by atoms with Crippen molar-refractivity contribution in [1.29, 1.82) is 0 Å². The van der Waals surface area contributed by atoms with Gasteiger partial charge in [-0.1, -0.05) is 18.2 Å². The summed E-state index contributed by atoms with van der Waals surface area (Å²) in [5.74, 6) is 1.82. The summed E-state index contributed by atoms with van der Waals surface area (Å²) < 4.78 is 5.27. The van der Waals surface area contributed by atoms with Crippen molar-refractivity contribution < 1.29 is 4.74 Å². The van der Waals surface area contributed by atoms with Gasteiger partial charge in [0.15, 0.2) is 0 Å². The van der Waals surface area contributed by atoms with Gasteiger partial charge in [0.2, 0.25) is 0 Å². The third kappa shape index (κ3) is 3.98. The van der Waals surface area contributed by atoms with Crippen molar-refractivity contribution in [3.63, 3.8) is 0 Å². The van der Waals surface area contributed by atoms with Crippen molar-refractivity contribution >= 4 is 11.8 Å². The Labute approximate surface area is 118 Å². The smallest absolute Gasteiger partial charge is 0.119 e. The third-order valence-corrected chi connectivity index (χ3v) is 3.92. The van der Waals surface area contributed by atoms with Crippen molar-refractivity contribution in [2.24, 2.45) is 0 Å². The van der Waals surface area contributed by atoms with Gasteiger partial charge in [-0.2, -0.15) is 0 Å². The van der Waals surface area contributed by atoms with E-state index >= 15 is 0 Å². The maximum absolute atomic E-state index is 5.27. The molecule has 0 aliphatic rings. The number of thioether (sulfide) groups is 1. The second kappa shape index (κ2) is 7.16. The van der Waals surface area contributed by atoms with E-state index in [1.807, 2.05) is 43.6 Å². The number of nitrogens with zero attached hydrogens (tertiary/aromatic N) is 1. The first-order valence-corrected chi connectivity index (χ1v) is 7.17. The molecule has 1 heterocycles. The van der Waals surface area contributed by atoms with E-state index in [1.54, 1.807) is 18.9 Å². The Hall–Kier alpha value is -1.52. The van der Waals surface area contributed by atoms with Gasteiger partial charge >= 0.3 is 0 Å². The third-order valence-electron chi connectivity index (χ3n) is 2.88. The molecule has 0 radical (unpaired) electrons.